The number of hydrogen-bond donors (Lipinski definition) is 1. The van der Waals surface area contributed by atoms with Crippen molar-refractivity contribution in [3.05, 3.63) is 33.1 Å². The van der Waals surface area contributed by atoms with E-state index in [4.69, 9.17) is 11.6 Å². The van der Waals surface area contributed by atoms with Gasteiger partial charge in [-0.15, -0.1) is 0 Å². The topological polar surface area (TPSA) is 58.4 Å². The summed E-state index contributed by atoms with van der Waals surface area (Å²) in [4.78, 5) is 12.6. The van der Waals surface area contributed by atoms with Crippen LogP contribution in [-0.4, -0.2) is 35.5 Å². The molecule has 1 saturated carbocycles. The molecule has 0 bridgehead atoms. The lowest BCUT2D eigenvalue weighted by molar-refractivity contribution is -0.384. The van der Waals surface area contributed by atoms with E-state index in [1.54, 1.807) is 0 Å². The second-order valence-electron chi connectivity index (χ2n) is 5.17. The minimum absolute atomic E-state index is 0.124. The van der Waals surface area contributed by atoms with Crippen LogP contribution in [0.5, 0.6) is 0 Å². The SMILES string of the molecule is CC(CNc1cc(Cl)c(F)cc1[N+](=O)[O-])N(C)C1CC1. The highest BCUT2D eigenvalue weighted by Gasteiger charge is 2.29. The lowest BCUT2D eigenvalue weighted by atomic mass is 10.2. The van der Waals surface area contributed by atoms with Crippen molar-refractivity contribution in [1.82, 2.24) is 4.90 Å². The molecule has 0 amide bonds. The maximum atomic E-state index is 13.3. The molecular weight excluding hydrogens is 285 g/mol. The smallest absolute Gasteiger partial charge is 0.295 e. The summed E-state index contributed by atoms with van der Waals surface area (Å²) in [6.07, 6.45) is 2.40. The average Bonchev–Trinajstić information content (AvgIpc) is 3.22. The van der Waals surface area contributed by atoms with Gasteiger partial charge in [0.25, 0.3) is 5.69 Å². The van der Waals surface area contributed by atoms with Crippen molar-refractivity contribution in [2.45, 2.75) is 31.8 Å². The lowest BCUT2D eigenvalue weighted by Crippen LogP contribution is -2.36. The Morgan fingerprint density at radius 2 is 2.25 bits per heavy atom. The third-order valence-electron chi connectivity index (χ3n) is 3.64. The lowest BCUT2D eigenvalue weighted by Gasteiger charge is -2.25. The van der Waals surface area contributed by atoms with Crippen LogP contribution >= 0.6 is 11.6 Å². The number of rotatable bonds is 6. The van der Waals surface area contributed by atoms with Crippen molar-refractivity contribution >= 4 is 23.0 Å². The minimum atomic E-state index is -0.785. The third-order valence-corrected chi connectivity index (χ3v) is 3.93. The van der Waals surface area contributed by atoms with Gasteiger partial charge in [0, 0.05) is 18.6 Å². The Balaban J connectivity index is 2.07. The Kier molecular flexibility index (Phi) is 4.45. The Labute approximate surface area is 121 Å². The molecule has 1 aromatic carbocycles. The van der Waals surface area contributed by atoms with Crippen LogP contribution in [0.2, 0.25) is 5.02 Å². The van der Waals surface area contributed by atoms with E-state index in [-0.39, 0.29) is 22.4 Å². The van der Waals surface area contributed by atoms with Gasteiger partial charge in [0.15, 0.2) is 0 Å². The van der Waals surface area contributed by atoms with Gasteiger partial charge in [-0.3, -0.25) is 15.0 Å². The highest BCUT2D eigenvalue weighted by atomic mass is 35.5. The van der Waals surface area contributed by atoms with Crippen molar-refractivity contribution in [3.8, 4) is 0 Å². The van der Waals surface area contributed by atoms with Crippen molar-refractivity contribution < 1.29 is 9.31 Å². The van der Waals surface area contributed by atoms with Crippen LogP contribution in [0.15, 0.2) is 12.1 Å². The van der Waals surface area contributed by atoms with Crippen LogP contribution in [0.25, 0.3) is 0 Å². The normalized spacial score (nSPS) is 16.2. The molecule has 0 aromatic heterocycles. The molecule has 2 rings (SSSR count). The molecule has 110 valence electrons. The Bertz CT molecular complexity index is 523. The maximum Gasteiger partial charge on any atom is 0.295 e. The summed E-state index contributed by atoms with van der Waals surface area (Å²) in [5, 5.41) is 13.8. The largest absolute Gasteiger partial charge is 0.378 e. The van der Waals surface area contributed by atoms with E-state index in [0.717, 1.165) is 6.07 Å². The molecule has 0 heterocycles. The molecular formula is C13H17ClFN3O2. The summed E-state index contributed by atoms with van der Waals surface area (Å²) in [6.45, 7) is 2.58. The molecule has 1 unspecified atom stereocenters. The number of nitrogens with zero attached hydrogens (tertiary/aromatic N) is 2. The van der Waals surface area contributed by atoms with Gasteiger partial charge < -0.3 is 5.32 Å². The molecule has 0 aliphatic heterocycles. The fourth-order valence-electron chi connectivity index (χ4n) is 2.07. The van der Waals surface area contributed by atoms with Gasteiger partial charge in [-0.05, 0) is 32.9 Å². The molecule has 0 spiro atoms. The highest BCUT2D eigenvalue weighted by molar-refractivity contribution is 6.31. The number of halogens is 2. The van der Waals surface area contributed by atoms with Crippen LogP contribution in [0.4, 0.5) is 15.8 Å². The van der Waals surface area contributed by atoms with E-state index in [2.05, 4.69) is 10.2 Å². The number of hydrogen-bond acceptors (Lipinski definition) is 4. The second-order valence-corrected chi connectivity index (χ2v) is 5.57. The zero-order valence-corrected chi connectivity index (χ0v) is 12.2. The summed E-state index contributed by atoms with van der Waals surface area (Å²) in [5.74, 6) is -0.785. The maximum absolute atomic E-state index is 13.3. The molecule has 5 nitrogen and oxygen atoms in total. The average molecular weight is 302 g/mol. The fourth-order valence-corrected chi connectivity index (χ4v) is 2.24. The number of likely N-dealkylation sites (N-methyl/N-ethyl adjacent to an activating group) is 1. The molecule has 0 saturated heterocycles. The van der Waals surface area contributed by atoms with Gasteiger partial charge in [0.1, 0.15) is 11.5 Å². The zero-order chi connectivity index (χ0) is 14.9. The van der Waals surface area contributed by atoms with Gasteiger partial charge in [-0.2, -0.15) is 0 Å². The first kappa shape index (κ1) is 15.0. The van der Waals surface area contributed by atoms with E-state index < -0.39 is 10.7 Å². The number of anilines is 1. The summed E-state index contributed by atoms with van der Waals surface area (Å²) in [5.41, 5.74) is -0.0504. The molecule has 1 N–H and O–H groups in total. The van der Waals surface area contributed by atoms with Gasteiger partial charge in [0.2, 0.25) is 0 Å². The molecule has 1 aliphatic rings. The van der Waals surface area contributed by atoms with Crippen LogP contribution in [0, 0.1) is 15.9 Å². The first-order valence-corrected chi connectivity index (χ1v) is 6.87. The van der Waals surface area contributed by atoms with Gasteiger partial charge in [-0.25, -0.2) is 4.39 Å². The first-order valence-electron chi connectivity index (χ1n) is 6.49. The van der Waals surface area contributed by atoms with Crippen molar-refractivity contribution in [3.63, 3.8) is 0 Å². The van der Waals surface area contributed by atoms with Crippen molar-refractivity contribution in [2.75, 3.05) is 18.9 Å². The van der Waals surface area contributed by atoms with Gasteiger partial charge in [-0.1, -0.05) is 11.6 Å². The highest BCUT2D eigenvalue weighted by Crippen LogP contribution is 2.31. The summed E-state index contributed by atoms with van der Waals surface area (Å²) in [7, 11) is 2.04. The van der Waals surface area contributed by atoms with Crippen LogP contribution < -0.4 is 5.32 Å². The summed E-state index contributed by atoms with van der Waals surface area (Å²) >= 11 is 5.68. The van der Waals surface area contributed by atoms with Crippen LogP contribution in [-0.2, 0) is 0 Å². The number of nitrogens with one attached hydrogen (secondary N) is 1. The minimum Gasteiger partial charge on any atom is -0.378 e. The van der Waals surface area contributed by atoms with Crippen LogP contribution in [0.1, 0.15) is 19.8 Å². The quantitative estimate of drug-likeness (QED) is 0.647. The van der Waals surface area contributed by atoms with Crippen molar-refractivity contribution in [1.29, 1.82) is 0 Å². The second kappa shape index (κ2) is 5.93. The Morgan fingerprint density at radius 3 is 2.80 bits per heavy atom. The van der Waals surface area contributed by atoms with Gasteiger partial charge >= 0.3 is 0 Å². The molecule has 20 heavy (non-hydrogen) atoms. The molecule has 1 fully saturated rings. The van der Waals surface area contributed by atoms with E-state index in [9.17, 15) is 14.5 Å². The van der Waals surface area contributed by atoms with E-state index in [0.29, 0.717) is 12.6 Å². The standard InChI is InChI=1S/C13H17ClFN3O2/c1-8(17(2)9-3-4-9)7-16-12-5-10(14)11(15)6-13(12)18(19)20/h5-6,8-9,16H,3-4,7H2,1-2H3. The van der Waals surface area contributed by atoms with E-state index >= 15 is 0 Å². The first-order chi connectivity index (χ1) is 9.40. The predicted molar refractivity (Wildman–Crippen MR) is 76.8 cm³/mol. The molecule has 7 heteroatoms. The van der Waals surface area contributed by atoms with Crippen molar-refractivity contribution in [2.24, 2.45) is 0 Å². The number of benzene rings is 1. The zero-order valence-electron chi connectivity index (χ0n) is 11.4. The third kappa shape index (κ3) is 3.37. The number of nitro groups is 1. The Morgan fingerprint density at radius 1 is 1.60 bits per heavy atom. The molecule has 1 aromatic rings. The fraction of sp³-hybridized carbons (Fsp3) is 0.538. The van der Waals surface area contributed by atoms with E-state index in [1.807, 2.05) is 14.0 Å². The molecule has 1 aliphatic carbocycles. The van der Waals surface area contributed by atoms with Gasteiger partial charge in [0.05, 0.1) is 16.0 Å². The van der Waals surface area contributed by atoms with E-state index in [1.165, 1.54) is 18.9 Å². The molecule has 1 atom stereocenters. The monoisotopic (exact) mass is 301 g/mol. The Hall–Kier alpha value is -1.40. The summed E-state index contributed by atoms with van der Waals surface area (Å²) in [6, 6.07) is 2.95. The molecule has 0 radical (unpaired) electrons. The van der Waals surface area contributed by atoms with Crippen LogP contribution in [0.3, 0.4) is 0 Å². The summed E-state index contributed by atoms with van der Waals surface area (Å²) < 4.78 is 13.3. The number of nitro benzene ring substituents is 1. The predicted octanol–water partition coefficient (Wildman–Crippen LogP) is 3.28.